The third-order valence-electron chi connectivity index (χ3n) is 2.04. The Hall–Kier alpha value is -1.77. The number of fused-ring (bicyclic) bond motifs is 1. The molecule has 0 atom stereocenters. The van der Waals surface area contributed by atoms with Crippen molar-refractivity contribution in [2.24, 2.45) is 5.18 Å². The van der Waals surface area contributed by atoms with Crippen LogP contribution in [-0.4, -0.2) is 5.78 Å². The van der Waals surface area contributed by atoms with Gasteiger partial charge in [0.15, 0.2) is 5.78 Å². The maximum absolute atomic E-state index is 11.2. The molecule has 1 aliphatic rings. The van der Waals surface area contributed by atoms with Gasteiger partial charge in [0, 0.05) is 5.56 Å². The predicted octanol–water partition coefficient (Wildman–Crippen LogP) is 2.16. The molecule has 0 amide bonds. The minimum atomic E-state index is 0.0283. The van der Waals surface area contributed by atoms with E-state index in [2.05, 4.69) is 5.18 Å². The van der Waals surface area contributed by atoms with Crippen LogP contribution < -0.4 is 0 Å². The first-order valence-electron chi connectivity index (χ1n) is 3.96. The third kappa shape index (κ3) is 1.28. The summed E-state index contributed by atoms with van der Waals surface area (Å²) in [6.45, 7) is 0.162. The summed E-state index contributed by atoms with van der Waals surface area (Å²) in [6, 6.07) is 5.31. The van der Waals surface area contributed by atoms with Gasteiger partial charge >= 0.3 is 0 Å². The normalized spacial score (nSPS) is 13.1. The highest BCUT2D eigenvalue weighted by Crippen LogP contribution is 2.20. The Bertz CT molecular complexity index is 407. The number of carbonyl (C=O) groups excluding carboxylic acids is 1. The molecular weight excluding hydrogens is 166 g/mol. The fourth-order valence-corrected chi connectivity index (χ4v) is 1.40. The van der Waals surface area contributed by atoms with Gasteiger partial charge in [-0.25, -0.2) is 0 Å². The van der Waals surface area contributed by atoms with Gasteiger partial charge in [-0.1, -0.05) is 23.4 Å². The molecule has 0 saturated carbocycles. The number of hydrogen-bond donors (Lipinski definition) is 0. The van der Waals surface area contributed by atoms with E-state index >= 15 is 0 Å². The van der Waals surface area contributed by atoms with Crippen LogP contribution in [0.15, 0.2) is 29.5 Å². The van der Waals surface area contributed by atoms with Crippen molar-refractivity contribution >= 4 is 11.9 Å². The molecule has 0 unspecified atom stereocenters. The van der Waals surface area contributed by atoms with E-state index in [0.29, 0.717) is 5.56 Å². The molecule has 1 aromatic rings. The zero-order valence-corrected chi connectivity index (χ0v) is 6.86. The van der Waals surface area contributed by atoms with Crippen molar-refractivity contribution in [3.63, 3.8) is 0 Å². The van der Waals surface area contributed by atoms with Gasteiger partial charge in [0.2, 0.25) is 0 Å². The molecule has 0 radical (unpaired) electrons. The Morgan fingerprint density at radius 3 is 2.85 bits per heavy atom. The highest BCUT2D eigenvalue weighted by atomic mass is 16.3. The highest BCUT2D eigenvalue weighted by Gasteiger charge is 2.13. The summed E-state index contributed by atoms with van der Waals surface area (Å²) in [4.78, 5) is 21.2. The van der Waals surface area contributed by atoms with Crippen LogP contribution in [0.4, 0.5) is 0 Å². The summed E-state index contributed by atoms with van der Waals surface area (Å²) < 4.78 is 0. The molecule has 13 heavy (non-hydrogen) atoms. The first kappa shape index (κ1) is 7.86. The van der Waals surface area contributed by atoms with Crippen LogP contribution in [0, 0.1) is 4.91 Å². The second-order valence-corrected chi connectivity index (χ2v) is 2.91. The Morgan fingerprint density at radius 2 is 2.08 bits per heavy atom. The summed E-state index contributed by atoms with van der Waals surface area (Å²) in [5, 5.41) is 2.79. The fourth-order valence-electron chi connectivity index (χ4n) is 1.40. The van der Waals surface area contributed by atoms with E-state index in [1.54, 1.807) is 18.2 Å². The number of carbonyl (C=O) groups is 1. The van der Waals surface area contributed by atoms with Crippen LogP contribution in [0.2, 0.25) is 0 Å². The van der Waals surface area contributed by atoms with Crippen LogP contribution >= 0.6 is 0 Å². The molecule has 0 N–H and O–H groups in total. The highest BCUT2D eigenvalue weighted by molar-refractivity contribution is 6.13. The summed E-state index contributed by atoms with van der Waals surface area (Å²) >= 11 is 0. The van der Waals surface area contributed by atoms with E-state index in [4.69, 9.17) is 0 Å². The number of rotatable bonds is 2. The lowest BCUT2D eigenvalue weighted by Crippen LogP contribution is -1.92. The van der Waals surface area contributed by atoms with Crippen molar-refractivity contribution in [2.45, 2.75) is 6.54 Å². The number of benzene rings is 1. The van der Waals surface area contributed by atoms with Gasteiger partial charge in [-0.15, -0.1) is 0 Å². The molecule has 1 aliphatic carbocycles. The molecule has 1 aromatic carbocycles. The van der Waals surface area contributed by atoms with Crippen LogP contribution in [0.25, 0.3) is 6.08 Å². The maximum Gasteiger partial charge on any atom is 0.186 e. The zero-order valence-electron chi connectivity index (χ0n) is 6.86. The summed E-state index contributed by atoms with van der Waals surface area (Å²) in [7, 11) is 0. The van der Waals surface area contributed by atoms with E-state index in [1.807, 2.05) is 6.07 Å². The van der Waals surface area contributed by atoms with Crippen LogP contribution in [0.1, 0.15) is 21.5 Å². The van der Waals surface area contributed by atoms with Crippen molar-refractivity contribution < 1.29 is 4.79 Å². The molecule has 3 heteroatoms. The average molecular weight is 173 g/mol. The Labute approximate surface area is 75.1 Å². The van der Waals surface area contributed by atoms with Gasteiger partial charge in [0.25, 0.3) is 0 Å². The van der Waals surface area contributed by atoms with Crippen molar-refractivity contribution in [2.75, 3.05) is 0 Å². The smallest absolute Gasteiger partial charge is 0.186 e. The molecule has 2 rings (SSSR count). The van der Waals surface area contributed by atoms with Crippen molar-refractivity contribution in [3.05, 3.63) is 45.9 Å². The van der Waals surface area contributed by atoms with Gasteiger partial charge in [-0.2, -0.15) is 4.91 Å². The van der Waals surface area contributed by atoms with Gasteiger partial charge < -0.3 is 0 Å². The molecule has 0 saturated heterocycles. The number of hydrogen-bond acceptors (Lipinski definition) is 3. The minimum absolute atomic E-state index is 0.0283. The van der Waals surface area contributed by atoms with Crippen LogP contribution in [-0.2, 0) is 6.54 Å². The van der Waals surface area contributed by atoms with E-state index in [0.717, 1.165) is 11.1 Å². The molecule has 0 aromatic heterocycles. The van der Waals surface area contributed by atoms with Gasteiger partial charge in [-0.05, 0) is 23.3 Å². The Kier molecular flexibility index (Phi) is 1.77. The van der Waals surface area contributed by atoms with Crippen LogP contribution in [0.5, 0.6) is 0 Å². The molecule has 0 heterocycles. The van der Waals surface area contributed by atoms with Gasteiger partial charge in [0.05, 0.1) is 0 Å². The van der Waals surface area contributed by atoms with Crippen molar-refractivity contribution in [1.82, 2.24) is 0 Å². The standard InChI is InChI=1S/C10H7NO2/c12-10-4-2-8-5-7(6-11-13)1-3-9(8)10/h1-5H,6H2. The van der Waals surface area contributed by atoms with Gasteiger partial charge in [-0.3, -0.25) is 4.79 Å². The first-order chi connectivity index (χ1) is 6.31. The number of allylic oxidation sites excluding steroid dienone is 1. The molecule has 0 bridgehead atoms. The second kappa shape index (κ2) is 2.94. The number of nitroso groups, excluding NO2 is 1. The van der Waals surface area contributed by atoms with E-state index in [-0.39, 0.29) is 12.3 Å². The fraction of sp³-hybridized carbons (Fsp3) is 0.100. The maximum atomic E-state index is 11.2. The average Bonchev–Trinajstić information content (AvgIpc) is 2.48. The van der Waals surface area contributed by atoms with Crippen molar-refractivity contribution in [1.29, 1.82) is 0 Å². The largest absolute Gasteiger partial charge is 0.289 e. The van der Waals surface area contributed by atoms with Crippen LogP contribution in [0.3, 0.4) is 0 Å². The molecule has 64 valence electrons. The lowest BCUT2D eigenvalue weighted by atomic mass is 10.1. The lowest BCUT2D eigenvalue weighted by molar-refractivity contribution is 0.105. The third-order valence-corrected chi connectivity index (χ3v) is 2.04. The van der Waals surface area contributed by atoms with Crippen molar-refractivity contribution in [3.8, 4) is 0 Å². The molecule has 0 spiro atoms. The monoisotopic (exact) mass is 173 g/mol. The molecule has 0 fully saturated rings. The Balaban J connectivity index is 2.44. The summed E-state index contributed by atoms with van der Waals surface area (Å²) in [5.74, 6) is 0.0283. The zero-order chi connectivity index (χ0) is 9.26. The predicted molar refractivity (Wildman–Crippen MR) is 49.3 cm³/mol. The van der Waals surface area contributed by atoms with E-state index in [1.165, 1.54) is 6.08 Å². The Morgan fingerprint density at radius 1 is 1.23 bits per heavy atom. The quantitative estimate of drug-likeness (QED) is 0.643. The summed E-state index contributed by atoms with van der Waals surface area (Å²) in [5.41, 5.74) is 2.42. The molecular formula is C10H7NO2. The number of nitrogens with zero attached hydrogens (tertiary/aromatic N) is 1. The SMILES string of the molecule is O=NCc1ccc2c(c1)C=CC2=O. The minimum Gasteiger partial charge on any atom is -0.289 e. The van der Waals surface area contributed by atoms with E-state index in [9.17, 15) is 9.70 Å². The second-order valence-electron chi connectivity index (χ2n) is 2.91. The molecule has 3 nitrogen and oxygen atoms in total. The molecule has 0 aliphatic heterocycles. The van der Waals surface area contributed by atoms with Gasteiger partial charge in [0.1, 0.15) is 6.54 Å². The summed E-state index contributed by atoms with van der Waals surface area (Å²) in [6.07, 6.45) is 3.29. The number of ketones is 1. The van der Waals surface area contributed by atoms with E-state index < -0.39 is 0 Å². The lowest BCUT2D eigenvalue weighted by Gasteiger charge is -1.98. The topological polar surface area (TPSA) is 46.5 Å². The first-order valence-corrected chi connectivity index (χ1v) is 3.96.